The minimum Gasteiger partial charge on any atom is -0.438 e. The van der Waals surface area contributed by atoms with Crippen LogP contribution in [0.3, 0.4) is 0 Å². The van der Waals surface area contributed by atoms with E-state index in [1.807, 2.05) is 23.6 Å². The first-order chi connectivity index (χ1) is 11.6. The Balaban J connectivity index is 1.99. The Morgan fingerprint density at radius 1 is 1.46 bits per heavy atom. The van der Waals surface area contributed by atoms with Gasteiger partial charge < -0.3 is 19.4 Å². The van der Waals surface area contributed by atoms with E-state index < -0.39 is 0 Å². The number of aryl methyl sites for hydroxylation is 1. The van der Waals surface area contributed by atoms with E-state index in [9.17, 15) is 4.79 Å². The van der Waals surface area contributed by atoms with Crippen LogP contribution in [0.4, 0.5) is 0 Å². The molecule has 0 aliphatic heterocycles. The van der Waals surface area contributed by atoms with Gasteiger partial charge in [-0.05, 0) is 37.5 Å². The molecule has 24 heavy (non-hydrogen) atoms. The second kappa shape index (κ2) is 5.98. The molecule has 0 unspecified atom stereocenters. The normalized spacial score (nSPS) is 14.8. The molecule has 126 valence electrons. The highest BCUT2D eigenvalue weighted by Crippen LogP contribution is 2.39. The molecular weight excluding hydrogens is 374 g/mol. The third-order valence-corrected chi connectivity index (χ3v) is 5.28. The van der Waals surface area contributed by atoms with Crippen LogP contribution in [0.25, 0.3) is 22.0 Å². The molecule has 2 N–H and O–H groups in total. The predicted octanol–water partition coefficient (Wildman–Crippen LogP) is 2.63. The third-order valence-electron chi connectivity index (χ3n) is 4.42. The molecule has 0 radical (unpaired) electrons. The average Bonchev–Trinajstić information content (AvgIpc) is 3.31. The Labute approximate surface area is 146 Å². The molecular formula is C17H18BrN3O3. The number of fused-ring (bicyclic) bond motifs is 3. The summed E-state index contributed by atoms with van der Waals surface area (Å²) < 4.78 is 8.73. The van der Waals surface area contributed by atoms with Crippen LogP contribution >= 0.6 is 15.9 Å². The van der Waals surface area contributed by atoms with Crippen molar-refractivity contribution in [3.05, 3.63) is 38.4 Å². The Morgan fingerprint density at radius 2 is 2.25 bits per heavy atom. The van der Waals surface area contributed by atoms with Crippen LogP contribution in [-0.4, -0.2) is 27.8 Å². The van der Waals surface area contributed by atoms with Crippen molar-refractivity contribution in [2.45, 2.75) is 32.4 Å². The standard InChI is InChI=1S/C17H18BrN3O3/c1-9-12(18)5-4-11-15(9)21(10-2-3-10)17(23)14-16(11)24-13(20-14)8-19-6-7-22/h4-5,10,19,22H,2-3,6-8H2,1H3. The molecule has 0 amide bonds. The first-order valence-corrected chi connectivity index (χ1v) is 8.85. The molecule has 3 aromatic rings. The molecule has 1 aliphatic carbocycles. The summed E-state index contributed by atoms with van der Waals surface area (Å²) in [6.07, 6.45) is 2.05. The maximum atomic E-state index is 13.0. The molecule has 0 atom stereocenters. The van der Waals surface area contributed by atoms with Crippen molar-refractivity contribution in [1.82, 2.24) is 14.9 Å². The van der Waals surface area contributed by atoms with Crippen LogP contribution in [0.5, 0.6) is 0 Å². The SMILES string of the molecule is Cc1c(Br)ccc2c3oc(CNCCO)nc3c(=O)n(C3CC3)c12. The third kappa shape index (κ3) is 2.47. The quantitative estimate of drug-likeness (QED) is 0.653. The van der Waals surface area contributed by atoms with Gasteiger partial charge in [0.2, 0.25) is 5.89 Å². The number of nitrogens with zero attached hydrogens (tertiary/aromatic N) is 2. The molecule has 0 spiro atoms. The van der Waals surface area contributed by atoms with E-state index in [0.29, 0.717) is 30.1 Å². The molecule has 1 fully saturated rings. The van der Waals surface area contributed by atoms with Crippen molar-refractivity contribution in [1.29, 1.82) is 0 Å². The highest BCUT2D eigenvalue weighted by atomic mass is 79.9. The van der Waals surface area contributed by atoms with E-state index in [1.165, 1.54) is 0 Å². The number of aliphatic hydroxyl groups is 1. The number of hydrogen-bond acceptors (Lipinski definition) is 5. The number of benzene rings is 1. The number of nitrogens with one attached hydrogen (secondary N) is 1. The number of oxazole rings is 1. The largest absolute Gasteiger partial charge is 0.438 e. The molecule has 7 heteroatoms. The van der Waals surface area contributed by atoms with E-state index in [4.69, 9.17) is 9.52 Å². The number of pyridine rings is 1. The molecule has 0 bridgehead atoms. The molecule has 1 saturated carbocycles. The van der Waals surface area contributed by atoms with E-state index >= 15 is 0 Å². The van der Waals surface area contributed by atoms with E-state index in [-0.39, 0.29) is 18.2 Å². The monoisotopic (exact) mass is 391 g/mol. The van der Waals surface area contributed by atoms with Gasteiger partial charge >= 0.3 is 0 Å². The minimum atomic E-state index is -0.0849. The lowest BCUT2D eigenvalue weighted by atomic mass is 10.1. The molecule has 4 rings (SSSR count). The van der Waals surface area contributed by atoms with Gasteiger partial charge in [-0.3, -0.25) is 4.79 Å². The molecule has 1 aliphatic rings. The Kier molecular flexibility index (Phi) is 3.94. The highest BCUT2D eigenvalue weighted by molar-refractivity contribution is 9.10. The Bertz CT molecular complexity index is 988. The van der Waals surface area contributed by atoms with Gasteiger partial charge in [0.1, 0.15) is 0 Å². The van der Waals surface area contributed by atoms with Crippen molar-refractivity contribution in [2.75, 3.05) is 13.2 Å². The van der Waals surface area contributed by atoms with Gasteiger partial charge in [0.15, 0.2) is 11.1 Å². The zero-order valence-electron chi connectivity index (χ0n) is 13.3. The summed E-state index contributed by atoms with van der Waals surface area (Å²) in [5.74, 6) is 0.464. The fourth-order valence-corrected chi connectivity index (χ4v) is 3.43. The highest BCUT2D eigenvalue weighted by Gasteiger charge is 2.29. The topological polar surface area (TPSA) is 80.3 Å². The van der Waals surface area contributed by atoms with E-state index in [2.05, 4.69) is 26.2 Å². The lowest BCUT2D eigenvalue weighted by Crippen LogP contribution is -2.21. The van der Waals surface area contributed by atoms with Gasteiger partial charge in [0.25, 0.3) is 5.56 Å². The van der Waals surface area contributed by atoms with Crippen LogP contribution in [0.15, 0.2) is 25.8 Å². The van der Waals surface area contributed by atoms with Crippen LogP contribution in [0.1, 0.15) is 30.3 Å². The van der Waals surface area contributed by atoms with Crippen LogP contribution < -0.4 is 10.9 Å². The van der Waals surface area contributed by atoms with Crippen molar-refractivity contribution in [2.24, 2.45) is 0 Å². The zero-order chi connectivity index (χ0) is 16.8. The summed E-state index contributed by atoms with van der Waals surface area (Å²) in [6.45, 7) is 2.90. The van der Waals surface area contributed by atoms with Crippen LogP contribution in [0.2, 0.25) is 0 Å². The summed E-state index contributed by atoms with van der Waals surface area (Å²) in [7, 11) is 0. The average molecular weight is 392 g/mol. The van der Waals surface area contributed by atoms with Gasteiger partial charge in [-0.2, -0.15) is 0 Å². The van der Waals surface area contributed by atoms with Crippen molar-refractivity contribution in [3.8, 4) is 0 Å². The minimum absolute atomic E-state index is 0.0465. The van der Waals surface area contributed by atoms with Gasteiger partial charge in [0.05, 0.1) is 18.7 Å². The fraction of sp³-hybridized carbons (Fsp3) is 0.412. The summed E-state index contributed by atoms with van der Waals surface area (Å²) >= 11 is 3.56. The van der Waals surface area contributed by atoms with Gasteiger partial charge in [-0.1, -0.05) is 15.9 Å². The Morgan fingerprint density at radius 3 is 2.96 bits per heavy atom. The van der Waals surface area contributed by atoms with Gasteiger partial charge in [-0.15, -0.1) is 0 Å². The maximum Gasteiger partial charge on any atom is 0.281 e. The molecule has 2 heterocycles. The number of aliphatic hydroxyl groups excluding tert-OH is 1. The number of halogens is 1. The molecule has 6 nitrogen and oxygen atoms in total. The van der Waals surface area contributed by atoms with Crippen LogP contribution in [0, 0.1) is 6.92 Å². The van der Waals surface area contributed by atoms with Crippen molar-refractivity contribution in [3.63, 3.8) is 0 Å². The van der Waals surface area contributed by atoms with Crippen molar-refractivity contribution >= 4 is 37.9 Å². The predicted molar refractivity (Wildman–Crippen MR) is 95.3 cm³/mol. The second-order valence-corrected chi connectivity index (χ2v) is 7.01. The lowest BCUT2D eigenvalue weighted by Gasteiger charge is -2.12. The second-order valence-electron chi connectivity index (χ2n) is 6.16. The van der Waals surface area contributed by atoms with E-state index in [1.54, 1.807) is 0 Å². The maximum absolute atomic E-state index is 13.0. The summed E-state index contributed by atoms with van der Waals surface area (Å²) in [5, 5.41) is 12.8. The van der Waals surface area contributed by atoms with Gasteiger partial charge in [0, 0.05) is 22.4 Å². The Hall–Kier alpha value is -1.70. The van der Waals surface area contributed by atoms with Crippen LogP contribution in [-0.2, 0) is 6.54 Å². The summed E-state index contributed by atoms with van der Waals surface area (Å²) in [5.41, 5.74) is 2.81. The molecule has 2 aromatic heterocycles. The number of aromatic nitrogens is 2. The summed E-state index contributed by atoms with van der Waals surface area (Å²) in [6, 6.07) is 4.21. The van der Waals surface area contributed by atoms with Gasteiger partial charge in [-0.25, -0.2) is 4.98 Å². The molecule has 1 aromatic carbocycles. The lowest BCUT2D eigenvalue weighted by molar-refractivity contribution is 0.289. The summed E-state index contributed by atoms with van der Waals surface area (Å²) in [4.78, 5) is 17.4. The first kappa shape index (κ1) is 15.8. The van der Waals surface area contributed by atoms with Crippen molar-refractivity contribution < 1.29 is 9.52 Å². The fourth-order valence-electron chi connectivity index (χ4n) is 3.11. The molecule has 0 saturated heterocycles. The number of hydrogen-bond donors (Lipinski definition) is 2. The zero-order valence-corrected chi connectivity index (χ0v) is 14.9. The number of rotatable bonds is 5. The first-order valence-electron chi connectivity index (χ1n) is 8.06. The van der Waals surface area contributed by atoms with E-state index in [0.717, 1.165) is 33.8 Å². The smallest absolute Gasteiger partial charge is 0.281 e.